The number of amides is 2. The van der Waals surface area contributed by atoms with Crippen molar-refractivity contribution in [3.05, 3.63) is 75.8 Å². The molecule has 0 aliphatic carbocycles. The minimum atomic E-state index is -0.495. The third-order valence-electron chi connectivity index (χ3n) is 4.74. The van der Waals surface area contributed by atoms with Crippen LogP contribution in [0.1, 0.15) is 16.7 Å². The molecule has 1 N–H and O–H groups in total. The highest BCUT2D eigenvalue weighted by Gasteiger charge is 2.40. The average Bonchev–Trinajstić information content (AvgIpc) is 3.01. The number of nitriles is 1. The second-order valence-electron chi connectivity index (χ2n) is 6.61. The second kappa shape index (κ2) is 8.32. The van der Waals surface area contributed by atoms with Gasteiger partial charge in [0.2, 0.25) is 5.91 Å². The van der Waals surface area contributed by atoms with Gasteiger partial charge in [0, 0.05) is 12.7 Å². The number of nitrogens with one attached hydrogen (secondary N) is 1. The van der Waals surface area contributed by atoms with E-state index < -0.39 is 11.2 Å². The van der Waals surface area contributed by atoms with E-state index in [4.69, 9.17) is 0 Å². The summed E-state index contributed by atoms with van der Waals surface area (Å²) in [6.07, 6.45) is 0.532. The fraction of sp³-hybridized carbons (Fsp3) is 0.227. The Morgan fingerprint density at radius 2 is 1.89 bits per heavy atom. The molecule has 0 aromatic heterocycles. The number of anilines is 1. The Hall–Kier alpha value is -3.04. The Morgan fingerprint density at radius 1 is 1.18 bits per heavy atom. The van der Waals surface area contributed by atoms with Crippen molar-refractivity contribution >= 4 is 29.3 Å². The van der Waals surface area contributed by atoms with Gasteiger partial charge in [-0.3, -0.25) is 14.5 Å². The van der Waals surface area contributed by atoms with Crippen molar-refractivity contribution in [2.75, 3.05) is 11.9 Å². The first-order chi connectivity index (χ1) is 13.5. The van der Waals surface area contributed by atoms with Crippen molar-refractivity contribution < 1.29 is 9.59 Å². The number of aryl methyl sites for hydroxylation is 2. The van der Waals surface area contributed by atoms with Crippen LogP contribution in [0.4, 0.5) is 5.69 Å². The summed E-state index contributed by atoms with van der Waals surface area (Å²) in [5.41, 5.74) is 4.03. The number of thioether (sulfide) groups is 1. The molecule has 142 valence electrons. The van der Waals surface area contributed by atoms with Crippen molar-refractivity contribution in [2.45, 2.75) is 25.5 Å². The zero-order valence-corrected chi connectivity index (χ0v) is 16.8. The Balaban J connectivity index is 2.02. The molecule has 2 aromatic carbocycles. The van der Waals surface area contributed by atoms with Gasteiger partial charge in [-0.25, -0.2) is 0 Å². The lowest BCUT2D eigenvalue weighted by atomic mass is 10.0. The average molecular weight is 391 g/mol. The topological polar surface area (TPSA) is 73.2 Å². The minimum Gasteiger partial charge on any atom is -0.354 e. The maximum Gasteiger partial charge on any atom is 0.264 e. The Kier molecular flexibility index (Phi) is 5.86. The summed E-state index contributed by atoms with van der Waals surface area (Å²) in [7, 11) is 1.47. The standard InChI is InChI=1S/C22H21N3O2S/c1-14-9-10-16(11-15(14)2)12-19-21(27)25(17-7-5-4-6-8-17)22(28-19)18(13-23)20(26)24-3/h4-11,19H,12H2,1-3H3,(H,24,26)/b22-18+/t19-/m1/s1. The number of carbonyl (C=O) groups excluding carboxylic acids is 2. The van der Waals surface area contributed by atoms with Crippen molar-refractivity contribution in [2.24, 2.45) is 0 Å². The van der Waals surface area contributed by atoms with Crippen molar-refractivity contribution in [3.63, 3.8) is 0 Å². The maximum atomic E-state index is 13.2. The van der Waals surface area contributed by atoms with Crippen molar-refractivity contribution in [3.8, 4) is 6.07 Å². The highest BCUT2D eigenvalue weighted by molar-refractivity contribution is 8.05. The summed E-state index contributed by atoms with van der Waals surface area (Å²) in [6, 6.07) is 17.2. The first-order valence-corrected chi connectivity index (χ1v) is 9.82. The molecule has 0 spiro atoms. The van der Waals surface area contributed by atoms with E-state index >= 15 is 0 Å². The van der Waals surface area contributed by atoms with E-state index in [0.717, 1.165) is 5.56 Å². The Bertz CT molecular complexity index is 993. The van der Waals surface area contributed by atoms with Gasteiger partial charge in [0.25, 0.3) is 5.91 Å². The zero-order valence-electron chi connectivity index (χ0n) is 16.0. The lowest BCUT2D eigenvalue weighted by Gasteiger charge is -2.18. The predicted octanol–water partition coefficient (Wildman–Crippen LogP) is 3.48. The molecule has 0 saturated carbocycles. The molecule has 1 atom stereocenters. The largest absolute Gasteiger partial charge is 0.354 e. The molecule has 1 saturated heterocycles. The van der Waals surface area contributed by atoms with Crippen molar-refractivity contribution in [1.82, 2.24) is 5.32 Å². The molecule has 3 rings (SSSR count). The molecule has 28 heavy (non-hydrogen) atoms. The van der Waals surface area contributed by atoms with Crippen LogP contribution in [-0.4, -0.2) is 24.1 Å². The van der Waals surface area contributed by atoms with Crippen LogP contribution in [-0.2, 0) is 16.0 Å². The molecule has 2 amide bonds. The van der Waals surface area contributed by atoms with Gasteiger partial charge in [-0.05, 0) is 49.1 Å². The molecule has 6 heteroatoms. The SMILES string of the molecule is CNC(=O)/C(C#N)=C1/S[C@H](Cc2ccc(C)c(C)c2)C(=O)N1c1ccccc1. The first-order valence-electron chi connectivity index (χ1n) is 8.94. The molecular formula is C22H21N3O2S. The van der Waals surface area contributed by atoms with Gasteiger partial charge < -0.3 is 5.32 Å². The van der Waals surface area contributed by atoms with Crippen LogP contribution >= 0.6 is 11.8 Å². The summed E-state index contributed by atoms with van der Waals surface area (Å²) < 4.78 is 0. The number of para-hydroxylation sites is 1. The van der Waals surface area contributed by atoms with E-state index in [2.05, 4.69) is 18.3 Å². The van der Waals surface area contributed by atoms with Gasteiger partial charge >= 0.3 is 0 Å². The van der Waals surface area contributed by atoms with Gasteiger partial charge in [0.15, 0.2) is 0 Å². The van der Waals surface area contributed by atoms with Crippen LogP contribution < -0.4 is 10.2 Å². The van der Waals surface area contributed by atoms with Crippen LogP contribution in [0.2, 0.25) is 0 Å². The third-order valence-corrected chi connectivity index (χ3v) is 6.00. The summed E-state index contributed by atoms with van der Waals surface area (Å²) in [4.78, 5) is 26.9. The Labute approximate surface area is 169 Å². The molecule has 1 fully saturated rings. The molecule has 1 aliphatic heterocycles. The van der Waals surface area contributed by atoms with E-state index in [-0.39, 0.29) is 11.5 Å². The molecular weight excluding hydrogens is 370 g/mol. The zero-order chi connectivity index (χ0) is 20.3. The van der Waals surface area contributed by atoms with E-state index in [9.17, 15) is 14.9 Å². The molecule has 0 bridgehead atoms. The summed E-state index contributed by atoms with van der Waals surface area (Å²) >= 11 is 1.28. The minimum absolute atomic E-state index is 0.0488. The van der Waals surface area contributed by atoms with Gasteiger partial charge in [-0.15, -0.1) is 0 Å². The first kappa shape index (κ1) is 19.7. The lowest BCUT2D eigenvalue weighted by molar-refractivity contribution is -0.117. The van der Waals surface area contributed by atoms with Crippen LogP contribution in [0.15, 0.2) is 59.1 Å². The monoisotopic (exact) mass is 391 g/mol. The molecule has 1 heterocycles. The number of benzene rings is 2. The fourth-order valence-electron chi connectivity index (χ4n) is 3.07. The maximum absolute atomic E-state index is 13.2. The van der Waals surface area contributed by atoms with Gasteiger partial charge in [-0.2, -0.15) is 5.26 Å². The molecule has 5 nitrogen and oxygen atoms in total. The quantitative estimate of drug-likeness (QED) is 0.640. The number of nitrogens with zero attached hydrogens (tertiary/aromatic N) is 2. The van der Waals surface area contributed by atoms with Gasteiger partial charge in [0.1, 0.15) is 16.7 Å². The second-order valence-corrected chi connectivity index (χ2v) is 7.80. The number of carbonyl (C=O) groups is 2. The van der Waals surface area contributed by atoms with Crippen LogP contribution in [0.25, 0.3) is 0 Å². The van der Waals surface area contributed by atoms with Crippen LogP contribution in [0.5, 0.6) is 0 Å². The number of hydrogen-bond donors (Lipinski definition) is 1. The van der Waals surface area contributed by atoms with E-state index in [0.29, 0.717) is 17.1 Å². The summed E-state index contributed by atoms with van der Waals surface area (Å²) in [6.45, 7) is 4.10. The predicted molar refractivity (Wildman–Crippen MR) is 112 cm³/mol. The summed E-state index contributed by atoms with van der Waals surface area (Å²) in [5, 5.41) is 12.0. The fourth-order valence-corrected chi connectivity index (χ4v) is 4.38. The number of hydrogen-bond acceptors (Lipinski definition) is 4. The molecule has 2 aromatic rings. The molecule has 0 unspecified atom stereocenters. The van der Waals surface area contributed by atoms with Gasteiger partial charge in [0.05, 0.1) is 5.25 Å². The highest BCUT2D eigenvalue weighted by atomic mass is 32.2. The van der Waals surface area contributed by atoms with E-state index in [1.54, 1.807) is 12.1 Å². The summed E-state index contributed by atoms with van der Waals surface area (Å²) in [5.74, 6) is -0.619. The molecule has 0 radical (unpaired) electrons. The highest BCUT2D eigenvalue weighted by Crippen LogP contribution is 2.41. The number of likely N-dealkylation sites (N-methyl/N-ethyl adjacent to an activating group) is 1. The normalized spacial score (nSPS) is 18.0. The molecule has 1 aliphatic rings. The Morgan fingerprint density at radius 3 is 2.50 bits per heavy atom. The lowest BCUT2D eigenvalue weighted by Crippen LogP contribution is -2.31. The number of rotatable bonds is 4. The van der Waals surface area contributed by atoms with Crippen LogP contribution in [0.3, 0.4) is 0 Å². The smallest absolute Gasteiger partial charge is 0.264 e. The van der Waals surface area contributed by atoms with Gasteiger partial charge in [-0.1, -0.05) is 48.2 Å². The van der Waals surface area contributed by atoms with E-state index in [1.807, 2.05) is 43.3 Å². The van der Waals surface area contributed by atoms with Crippen molar-refractivity contribution in [1.29, 1.82) is 5.26 Å². The van der Waals surface area contributed by atoms with E-state index in [1.165, 1.54) is 34.8 Å². The van der Waals surface area contributed by atoms with Crippen LogP contribution in [0, 0.1) is 25.2 Å². The third kappa shape index (κ3) is 3.80.